The minimum Gasteiger partial charge on any atom is -0.505 e. The third-order valence-electron chi connectivity index (χ3n) is 1.85. The molecule has 0 bridgehead atoms. The first-order valence-corrected chi connectivity index (χ1v) is 4.68. The molecule has 1 nitrogen and oxygen atoms in total. The number of hydrogen-bond donors (Lipinski definition) is 1. The molecule has 0 heterocycles. The fourth-order valence-electron chi connectivity index (χ4n) is 1.16. The summed E-state index contributed by atoms with van der Waals surface area (Å²) in [5.74, 6) is -3.69. The van der Waals surface area contributed by atoms with Crippen molar-refractivity contribution >= 4 is 23.2 Å². The molecule has 0 spiro atoms. The van der Waals surface area contributed by atoms with E-state index < -0.39 is 22.4 Å². The van der Waals surface area contributed by atoms with Crippen molar-refractivity contribution in [2.75, 3.05) is 0 Å². The van der Waals surface area contributed by atoms with Gasteiger partial charge in [0.2, 0.25) is 5.82 Å². The SMILES string of the molecule is CC(C)c1c(O)c(F)c(F)c(Cl)c1Cl. The van der Waals surface area contributed by atoms with Crippen LogP contribution < -0.4 is 0 Å². The minimum atomic E-state index is -1.36. The zero-order valence-electron chi connectivity index (χ0n) is 7.54. The van der Waals surface area contributed by atoms with Crippen LogP contribution in [0.2, 0.25) is 10.0 Å². The molecule has 0 aromatic heterocycles. The van der Waals surface area contributed by atoms with Gasteiger partial charge in [0.1, 0.15) is 0 Å². The summed E-state index contributed by atoms with van der Waals surface area (Å²) >= 11 is 11.1. The summed E-state index contributed by atoms with van der Waals surface area (Å²) in [5, 5.41) is 8.66. The average Bonchev–Trinajstić information content (AvgIpc) is 2.11. The molecule has 1 aromatic rings. The van der Waals surface area contributed by atoms with Crippen LogP contribution in [0.15, 0.2) is 0 Å². The van der Waals surface area contributed by atoms with Gasteiger partial charge in [0.15, 0.2) is 11.6 Å². The quantitative estimate of drug-likeness (QED) is 0.579. The van der Waals surface area contributed by atoms with E-state index in [0.29, 0.717) is 0 Å². The Kier molecular flexibility index (Phi) is 3.22. The lowest BCUT2D eigenvalue weighted by molar-refractivity contribution is 0.399. The van der Waals surface area contributed by atoms with Crippen LogP contribution in [0.5, 0.6) is 5.75 Å². The van der Waals surface area contributed by atoms with Crippen molar-refractivity contribution in [3.8, 4) is 5.75 Å². The molecular formula is C9H8Cl2F2O. The molecule has 0 fully saturated rings. The van der Waals surface area contributed by atoms with Crippen LogP contribution in [-0.2, 0) is 0 Å². The van der Waals surface area contributed by atoms with E-state index in [1.54, 1.807) is 13.8 Å². The molecule has 0 aliphatic heterocycles. The van der Waals surface area contributed by atoms with E-state index in [0.717, 1.165) is 0 Å². The van der Waals surface area contributed by atoms with E-state index in [1.807, 2.05) is 0 Å². The molecular weight excluding hydrogens is 233 g/mol. The number of aromatic hydroxyl groups is 1. The van der Waals surface area contributed by atoms with Gasteiger partial charge in [-0.05, 0) is 5.92 Å². The summed E-state index contributed by atoms with van der Waals surface area (Å²) in [6.45, 7) is 3.38. The highest BCUT2D eigenvalue weighted by Gasteiger charge is 2.23. The van der Waals surface area contributed by atoms with Gasteiger partial charge < -0.3 is 5.11 Å². The van der Waals surface area contributed by atoms with Crippen LogP contribution in [-0.4, -0.2) is 5.11 Å². The largest absolute Gasteiger partial charge is 0.505 e. The molecule has 78 valence electrons. The topological polar surface area (TPSA) is 20.2 Å². The van der Waals surface area contributed by atoms with E-state index in [4.69, 9.17) is 23.2 Å². The third-order valence-corrected chi connectivity index (χ3v) is 2.70. The Morgan fingerprint density at radius 1 is 1.07 bits per heavy atom. The molecule has 0 saturated heterocycles. The second-order valence-electron chi connectivity index (χ2n) is 3.17. The van der Waals surface area contributed by atoms with Crippen molar-refractivity contribution in [2.24, 2.45) is 0 Å². The smallest absolute Gasteiger partial charge is 0.202 e. The summed E-state index contributed by atoms with van der Waals surface area (Å²) in [4.78, 5) is 0. The lowest BCUT2D eigenvalue weighted by atomic mass is 10.0. The summed E-state index contributed by atoms with van der Waals surface area (Å²) < 4.78 is 26.0. The Morgan fingerprint density at radius 2 is 1.57 bits per heavy atom. The van der Waals surface area contributed by atoms with Crippen LogP contribution in [0.3, 0.4) is 0 Å². The molecule has 14 heavy (non-hydrogen) atoms. The molecule has 0 radical (unpaired) electrons. The highest BCUT2D eigenvalue weighted by Crippen LogP contribution is 2.41. The summed E-state index contributed by atoms with van der Waals surface area (Å²) in [7, 11) is 0. The van der Waals surface area contributed by atoms with Crippen molar-refractivity contribution in [1.29, 1.82) is 0 Å². The fraction of sp³-hybridized carbons (Fsp3) is 0.333. The zero-order valence-corrected chi connectivity index (χ0v) is 9.05. The van der Waals surface area contributed by atoms with Gasteiger partial charge in [0, 0.05) is 5.56 Å². The van der Waals surface area contributed by atoms with E-state index in [-0.39, 0.29) is 16.5 Å². The average molecular weight is 241 g/mol. The second kappa shape index (κ2) is 3.91. The highest BCUT2D eigenvalue weighted by molar-refractivity contribution is 6.42. The van der Waals surface area contributed by atoms with Gasteiger partial charge in [-0.3, -0.25) is 0 Å². The number of phenols is 1. The van der Waals surface area contributed by atoms with E-state index in [2.05, 4.69) is 0 Å². The fourth-order valence-corrected chi connectivity index (χ4v) is 1.74. The van der Waals surface area contributed by atoms with Gasteiger partial charge in [-0.25, -0.2) is 4.39 Å². The molecule has 0 amide bonds. The van der Waals surface area contributed by atoms with Crippen molar-refractivity contribution in [3.63, 3.8) is 0 Å². The molecule has 0 aliphatic carbocycles. The first-order valence-electron chi connectivity index (χ1n) is 3.92. The summed E-state index contributed by atoms with van der Waals surface area (Å²) in [5.41, 5.74) is 0.121. The Balaban J connectivity index is 3.60. The second-order valence-corrected chi connectivity index (χ2v) is 3.93. The normalized spacial score (nSPS) is 11.1. The zero-order chi connectivity index (χ0) is 11.0. The predicted octanol–water partition coefficient (Wildman–Crippen LogP) is 4.10. The molecule has 0 atom stereocenters. The molecule has 5 heteroatoms. The van der Waals surface area contributed by atoms with Crippen LogP contribution in [0.4, 0.5) is 8.78 Å². The molecule has 1 aromatic carbocycles. The minimum absolute atomic E-state index is 0.121. The van der Waals surface area contributed by atoms with Crippen LogP contribution >= 0.6 is 23.2 Å². The van der Waals surface area contributed by atoms with Crippen LogP contribution in [0.1, 0.15) is 25.3 Å². The van der Waals surface area contributed by atoms with Crippen molar-refractivity contribution in [2.45, 2.75) is 19.8 Å². The molecule has 1 N–H and O–H groups in total. The number of hydrogen-bond acceptors (Lipinski definition) is 1. The first kappa shape index (κ1) is 11.5. The molecule has 0 unspecified atom stereocenters. The van der Waals surface area contributed by atoms with E-state index in [9.17, 15) is 13.9 Å². The number of rotatable bonds is 1. The summed E-state index contributed by atoms with van der Waals surface area (Å²) in [6, 6.07) is 0. The van der Waals surface area contributed by atoms with Gasteiger partial charge in [-0.2, -0.15) is 4.39 Å². The maximum Gasteiger partial charge on any atom is 0.202 e. The van der Waals surface area contributed by atoms with Gasteiger partial charge in [-0.15, -0.1) is 0 Å². The van der Waals surface area contributed by atoms with Crippen molar-refractivity contribution in [3.05, 3.63) is 27.2 Å². The molecule has 1 rings (SSSR count). The maximum absolute atomic E-state index is 13.0. The van der Waals surface area contributed by atoms with E-state index >= 15 is 0 Å². The number of benzene rings is 1. The van der Waals surface area contributed by atoms with Gasteiger partial charge in [0.05, 0.1) is 10.0 Å². The highest BCUT2D eigenvalue weighted by atomic mass is 35.5. The third kappa shape index (κ3) is 1.66. The predicted molar refractivity (Wildman–Crippen MR) is 52.1 cm³/mol. The number of phenolic OH excluding ortho intramolecular Hbond substituents is 1. The standard InChI is InChI=1S/C9H8Cl2F2O/c1-3(2)4-5(10)6(11)7(12)8(13)9(4)14/h3,14H,1-2H3. The molecule has 0 saturated carbocycles. The summed E-state index contributed by atoms with van der Waals surface area (Å²) in [6.07, 6.45) is 0. The lowest BCUT2D eigenvalue weighted by Crippen LogP contribution is -1.97. The Morgan fingerprint density at radius 3 is 2.00 bits per heavy atom. The number of halogens is 4. The first-order chi connectivity index (χ1) is 6.37. The Labute approximate surface area is 90.3 Å². The van der Waals surface area contributed by atoms with Crippen LogP contribution in [0.25, 0.3) is 0 Å². The lowest BCUT2D eigenvalue weighted by Gasteiger charge is -2.13. The maximum atomic E-state index is 13.0. The van der Waals surface area contributed by atoms with Crippen LogP contribution in [0, 0.1) is 11.6 Å². The van der Waals surface area contributed by atoms with Crippen molar-refractivity contribution in [1.82, 2.24) is 0 Å². The van der Waals surface area contributed by atoms with Gasteiger partial charge in [0.25, 0.3) is 0 Å². The monoisotopic (exact) mass is 240 g/mol. The Bertz CT molecular complexity index is 349. The molecule has 0 aliphatic rings. The Hall–Kier alpha value is -0.540. The van der Waals surface area contributed by atoms with Gasteiger partial charge >= 0.3 is 0 Å². The van der Waals surface area contributed by atoms with Gasteiger partial charge in [-0.1, -0.05) is 37.0 Å². The van der Waals surface area contributed by atoms with Crippen molar-refractivity contribution < 1.29 is 13.9 Å². The van der Waals surface area contributed by atoms with E-state index in [1.165, 1.54) is 0 Å².